The van der Waals surface area contributed by atoms with Gasteiger partial charge in [0, 0.05) is 32.6 Å². The molecule has 1 heterocycles. The van der Waals surface area contributed by atoms with Gasteiger partial charge >= 0.3 is 6.09 Å². The van der Waals surface area contributed by atoms with Gasteiger partial charge in [0.2, 0.25) is 22.7 Å². The lowest BCUT2D eigenvalue weighted by molar-refractivity contribution is -0.151. The Morgan fingerprint density at radius 2 is 1.55 bits per heavy atom. The Labute approximate surface area is 309 Å². The molecule has 0 unspecified atom stereocenters. The second kappa shape index (κ2) is 17.8. The Kier molecular flexibility index (Phi) is 15.2. The van der Waals surface area contributed by atoms with Crippen molar-refractivity contribution in [1.29, 1.82) is 0 Å². The summed E-state index contributed by atoms with van der Waals surface area (Å²) < 4.78 is 45.6. The molecule has 286 valence electrons. The van der Waals surface area contributed by atoms with E-state index in [0.717, 1.165) is 15.5 Å². The van der Waals surface area contributed by atoms with Crippen LogP contribution in [0.5, 0.6) is 11.5 Å². The maximum Gasteiger partial charge on any atom is 0.410 e. The standard InChI is InChI=1S/C36H54N4O9S.ClH/c1-24(2)21-39(50(45,46)27-16-17-30-31(19-27)48-23-47-30)22-29(41)28(18-26-14-12-11-13-15-26)40(32(42)20-35(4,5)6)37-33(43)25(3)38(10)34(44)49-36(7,8)9;/h11-17,19,24-25,28-29,41H,18,20-23H2,1-10H3,(H,37,43);1H/t25-,28-,29+;/m0./s1. The molecule has 51 heavy (non-hydrogen) atoms. The van der Waals surface area contributed by atoms with E-state index in [2.05, 4.69) is 5.43 Å². The summed E-state index contributed by atoms with van der Waals surface area (Å²) in [5.74, 6) is -0.589. The van der Waals surface area contributed by atoms with E-state index in [-0.39, 0.29) is 49.4 Å². The summed E-state index contributed by atoms with van der Waals surface area (Å²) in [6.07, 6.45) is -2.13. The number of aliphatic hydroxyl groups excluding tert-OH is 1. The van der Waals surface area contributed by atoms with E-state index in [4.69, 9.17) is 14.2 Å². The number of nitrogens with one attached hydrogen (secondary N) is 1. The first-order valence-electron chi connectivity index (χ1n) is 16.8. The average molecular weight is 755 g/mol. The molecule has 1 aliphatic rings. The van der Waals surface area contributed by atoms with E-state index in [1.807, 2.05) is 65.0 Å². The number of amides is 3. The lowest BCUT2D eigenvalue weighted by Gasteiger charge is -2.39. The fourth-order valence-corrected chi connectivity index (χ4v) is 6.84. The molecule has 0 spiro atoms. The fraction of sp³-hybridized carbons (Fsp3) is 0.583. The predicted octanol–water partition coefficient (Wildman–Crippen LogP) is 5.01. The van der Waals surface area contributed by atoms with Crippen molar-refractivity contribution in [3.05, 3.63) is 54.1 Å². The highest BCUT2D eigenvalue weighted by atomic mass is 35.5. The van der Waals surface area contributed by atoms with Crippen molar-refractivity contribution < 1.29 is 42.1 Å². The molecule has 13 nitrogen and oxygen atoms in total. The number of benzene rings is 2. The topological polar surface area (TPSA) is 155 Å². The van der Waals surface area contributed by atoms with Crippen LogP contribution in [0.1, 0.15) is 74.3 Å². The number of ether oxygens (including phenoxy) is 3. The summed E-state index contributed by atoms with van der Waals surface area (Å²) in [5, 5.41) is 13.1. The Hall–Kier alpha value is -3.59. The number of sulfonamides is 1. The Balaban J connectivity index is 0.00000901. The van der Waals surface area contributed by atoms with E-state index in [1.54, 1.807) is 20.8 Å². The molecule has 0 bridgehead atoms. The number of likely N-dealkylation sites (N-methyl/N-ethyl adjacent to an activating group) is 1. The van der Waals surface area contributed by atoms with Crippen molar-refractivity contribution in [3.8, 4) is 11.5 Å². The highest BCUT2D eigenvalue weighted by Gasteiger charge is 2.38. The van der Waals surface area contributed by atoms with Gasteiger partial charge in [-0.05, 0) is 63.1 Å². The third-order valence-corrected chi connectivity index (χ3v) is 9.66. The van der Waals surface area contributed by atoms with Crippen LogP contribution in [0.3, 0.4) is 0 Å². The van der Waals surface area contributed by atoms with Crippen LogP contribution in [-0.2, 0) is 30.8 Å². The second-order valence-corrected chi connectivity index (χ2v) is 17.2. The van der Waals surface area contributed by atoms with Gasteiger partial charge in [-0.15, -0.1) is 12.4 Å². The second-order valence-electron chi connectivity index (χ2n) is 15.3. The molecule has 0 fully saturated rings. The molecule has 0 saturated heterocycles. The summed E-state index contributed by atoms with van der Waals surface area (Å²) in [6.45, 7) is 15.6. The number of carbonyl (C=O) groups is 3. The van der Waals surface area contributed by atoms with Gasteiger partial charge in [0.1, 0.15) is 11.6 Å². The van der Waals surface area contributed by atoms with Crippen LogP contribution in [0.15, 0.2) is 53.4 Å². The average Bonchev–Trinajstić information content (AvgIpc) is 3.48. The fourth-order valence-electron chi connectivity index (χ4n) is 5.20. The van der Waals surface area contributed by atoms with E-state index in [9.17, 15) is 27.9 Å². The smallest absolute Gasteiger partial charge is 0.410 e. The van der Waals surface area contributed by atoms with Gasteiger partial charge in [0.05, 0.1) is 17.0 Å². The number of aliphatic hydroxyl groups is 1. The van der Waals surface area contributed by atoms with Gasteiger partial charge in [0.15, 0.2) is 11.5 Å². The Bertz CT molecular complexity index is 1590. The summed E-state index contributed by atoms with van der Waals surface area (Å²) in [4.78, 5) is 41.7. The predicted molar refractivity (Wildman–Crippen MR) is 196 cm³/mol. The van der Waals surface area contributed by atoms with Gasteiger partial charge in [0.25, 0.3) is 5.91 Å². The maximum absolute atomic E-state index is 14.1. The third-order valence-electron chi connectivity index (χ3n) is 7.83. The monoisotopic (exact) mass is 754 g/mol. The molecule has 0 aliphatic carbocycles. The lowest BCUT2D eigenvalue weighted by atomic mass is 9.91. The zero-order chi connectivity index (χ0) is 37.6. The molecule has 0 aromatic heterocycles. The minimum Gasteiger partial charge on any atom is -0.454 e. The SMILES string of the molecule is CC(C)CN(C[C@@H](O)[C@H](Cc1ccccc1)N(NC(=O)[C@H](C)N(C)C(=O)OC(C)(C)C)C(=O)CC(C)(C)C)S(=O)(=O)c1ccc2c(c1)OCO2.Cl. The number of hydrazine groups is 1. The lowest BCUT2D eigenvalue weighted by Crippen LogP contribution is -2.62. The van der Waals surface area contributed by atoms with Crippen molar-refractivity contribution in [2.24, 2.45) is 11.3 Å². The number of nitrogens with zero attached hydrogens (tertiary/aromatic N) is 3. The molecular formula is C36H55ClN4O9S. The molecule has 3 atom stereocenters. The van der Waals surface area contributed by atoms with Crippen LogP contribution in [0, 0.1) is 11.3 Å². The molecule has 15 heteroatoms. The minimum atomic E-state index is -4.18. The van der Waals surface area contributed by atoms with Crippen LogP contribution >= 0.6 is 12.4 Å². The van der Waals surface area contributed by atoms with Crippen molar-refractivity contribution in [1.82, 2.24) is 19.6 Å². The number of halogens is 1. The van der Waals surface area contributed by atoms with Crippen molar-refractivity contribution >= 4 is 40.3 Å². The zero-order valence-electron chi connectivity index (χ0n) is 31.3. The largest absolute Gasteiger partial charge is 0.454 e. The molecule has 0 radical (unpaired) electrons. The van der Waals surface area contributed by atoms with E-state index in [1.165, 1.54) is 36.5 Å². The summed E-state index contributed by atoms with van der Waals surface area (Å²) in [7, 11) is -2.76. The van der Waals surface area contributed by atoms with E-state index in [0.29, 0.717) is 11.5 Å². The van der Waals surface area contributed by atoms with E-state index >= 15 is 0 Å². The van der Waals surface area contributed by atoms with Crippen LogP contribution in [0.4, 0.5) is 4.79 Å². The maximum atomic E-state index is 14.1. The normalized spacial score (nSPS) is 14.7. The molecule has 3 amide bonds. The highest BCUT2D eigenvalue weighted by molar-refractivity contribution is 7.89. The van der Waals surface area contributed by atoms with Gasteiger partial charge in [-0.25, -0.2) is 18.2 Å². The number of carbonyl (C=O) groups excluding carboxylic acids is 3. The first-order valence-corrected chi connectivity index (χ1v) is 18.2. The van der Waals surface area contributed by atoms with Gasteiger partial charge in [-0.1, -0.05) is 65.0 Å². The molecular weight excluding hydrogens is 700 g/mol. The Morgan fingerprint density at radius 3 is 2.12 bits per heavy atom. The Morgan fingerprint density at radius 1 is 0.941 bits per heavy atom. The van der Waals surface area contributed by atoms with Crippen molar-refractivity contribution in [2.75, 3.05) is 26.9 Å². The van der Waals surface area contributed by atoms with E-state index < -0.39 is 63.7 Å². The quantitative estimate of drug-likeness (QED) is 0.269. The van der Waals surface area contributed by atoms with Crippen LogP contribution in [0.25, 0.3) is 0 Å². The number of hydrogen-bond donors (Lipinski definition) is 2. The number of rotatable bonds is 13. The van der Waals surface area contributed by atoms with Crippen molar-refractivity contribution in [3.63, 3.8) is 0 Å². The van der Waals surface area contributed by atoms with Crippen LogP contribution in [0.2, 0.25) is 0 Å². The number of fused-ring (bicyclic) bond motifs is 1. The molecule has 3 rings (SSSR count). The molecule has 2 aromatic rings. The molecule has 1 aliphatic heterocycles. The van der Waals surface area contributed by atoms with Gasteiger partial charge in [-0.2, -0.15) is 4.31 Å². The first kappa shape index (κ1) is 43.6. The zero-order valence-corrected chi connectivity index (χ0v) is 33.0. The molecule has 0 saturated carbocycles. The highest BCUT2D eigenvalue weighted by Crippen LogP contribution is 2.35. The summed E-state index contributed by atoms with van der Waals surface area (Å²) in [6, 6.07) is 11.2. The van der Waals surface area contributed by atoms with Crippen LogP contribution in [-0.4, -0.2) is 96.4 Å². The third kappa shape index (κ3) is 12.5. The molecule has 2 aromatic carbocycles. The summed E-state index contributed by atoms with van der Waals surface area (Å²) >= 11 is 0. The summed E-state index contributed by atoms with van der Waals surface area (Å²) in [5.41, 5.74) is 2.12. The van der Waals surface area contributed by atoms with Gasteiger partial charge in [-0.3, -0.25) is 19.9 Å². The molecule has 2 N–H and O–H groups in total. The van der Waals surface area contributed by atoms with Crippen molar-refractivity contribution in [2.45, 2.75) is 104 Å². The minimum absolute atomic E-state index is 0. The first-order chi connectivity index (χ1) is 23.1. The van der Waals surface area contributed by atoms with Gasteiger partial charge < -0.3 is 19.3 Å². The number of hydrogen-bond acceptors (Lipinski definition) is 9. The van der Waals surface area contributed by atoms with Crippen LogP contribution < -0.4 is 14.9 Å².